The largest absolute Gasteiger partial charge is 0.493 e. The molecule has 1 saturated heterocycles. The summed E-state index contributed by atoms with van der Waals surface area (Å²) in [5.41, 5.74) is 2.68. The van der Waals surface area contributed by atoms with E-state index >= 15 is 0 Å². The van der Waals surface area contributed by atoms with Gasteiger partial charge in [0.1, 0.15) is 12.4 Å². The lowest BCUT2D eigenvalue weighted by Gasteiger charge is -2.13. The lowest BCUT2D eigenvalue weighted by atomic mass is 10.1. The molecule has 0 radical (unpaired) electrons. The number of carbonyl (C=O) groups excluding carboxylic acids is 1. The highest BCUT2D eigenvalue weighted by Crippen LogP contribution is 2.37. The van der Waals surface area contributed by atoms with Gasteiger partial charge in [0.2, 0.25) is 0 Å². The van der Waals surface area contributed by atoms with E-state index in [0.717, 1.165) is 16.8 Å². The second-order valence-electron chi connectivity index (χ2n) is 8.00. The molecule has 7 heteroatoms. The van der Waals surface area contributed by atoms with Crippen LogP contribution in [0.25, 0.3) is 6.08 Å². The van der Waals surface area contributed by atoms with Crippen LogP contribution >= 0.6 is 11.8 Å². The molecule has 0 unspecified atom stereocenters. The Hall–Kier alpha value is -4.23. The normalized spacial score (nSPS) is 15.6. The molecule has 1 amide bonds. The highest BCUT2D eigenvalue weighted by atomic mass is 32.2. The van der Waals surface area contributed by atoms with Crippen molar-refractivity contribution in [3.63, 3.8) is 0 Å². The van der Waals surface area contributed by atoms with E-state index in [-0.39, 0.29) is 5.91 Å². The summed E-state index contributed by atoms with van der Waals surface area (Å²) < 4.78 is 17.0. The predicted octanol–water partition coefficient (Wildman–Crippen LogP) is 6.67. The molecule has 1 aliphatic heterocycles. The Morgan fingerprint density at radius 2 is 1.72 bits per heavy atom. The number of aliphatic imine (C=N–C) groups is 1. The number of nitrogens with zero attached hydrogens (tertiary/aromatic N) is 2. The molecule has 0 bridgehead atoms. The standard InChI is InChI=1S/C29H24N2O4S/c1-33-26-17-22(14-15-25(26)35-20-21-9-4-2-5-10-21)18-27-28(32)31(19-24-13-8-16-34-24)29(36-27)30-23-11-6-3-7-12-23/h2-18H,19-20H2,1H3/b27-18-,30-29?. The molecule has 4 aromatic rings. The number of hydrogen-bond donors (Lipinski definition) is 0. The molecule has 3 aromatic carbocycles. The van der Waals surface area contributed by atoms with Gasteiger partial charge in [-0.25, -0.2) is 4.99 Å². The Morgan fingerprint density at radius 1 is 0.944 bits per heavy atom. The highest BCUT2D eigenvalue weighted by Gasteiger charge is 2.34. The van der Waals surface area contributed by atoms with Crippen LogP contribution in [0.2, 0.25) is 0 Å². The summed E-state index contributed by atoms with van der Waals surface area (Å²) in [5, 5.41) is 0.601. The summed E-state index contributed by atoms with van der Waals surface area (Å²) >= 11 is 1.34. The fraction of sp³-hybridized carbons (Fsp3) is 0.103. The second-order valence-corrected chi connectivity index (χ2v) is 9.00. The summed E-state index contributed by atoms with van der Waals surface area (Å²) in [7, 11) is 1.60. The summed E-state index contributed by atoms with van der Waals surface area (Å²) in [4.78, 5) is 20.3. The topological polar surface area (TPSA) is 64.3 Å². The zero-order valence-electron chi connectivity index (χ0n) is 19.7. The van der Waals surface area contributed by atoms with E-state index < -0.39 is 0 Å². The van der Waals surface area contributed by atoms with Gasteiger partial charge in [0.25, 0.3) is 5.91 Å². The molecule has 180 valence electrons. The molecule has 0 atom stereocenters. The third kappa shape index (κ3) is 5.53. The minimum atomic E-state index is -0.130. The van der Waals surface area contributed by atoms with Crippen LogP contribution in [0.5, 0.6) is 11.5 Å². The van der Waals surface area contributed by atoms with Crippen LogP contribution in [0.4, 0.5) is 5.69 Å². The Morgan fingerprint density at radius 3 is 2.44 bits per heavy atom. The van der Waals surface area contributed by atoms with Crippen molar-refractivity contribution in [3.05, 3.63) is 119 Å². The maximum atomic E-state index is 13.4. The average Bonchev–Trinajstić information content (AvgIpc) is 3.53. The fourth-order valence-corrected chi connectivity index (χ4v) is 4.68. The van der Waals surface area contributed by atoms with E-state index in [1.54, 1.807) is 18.3 Å². The molecular formula is C29H24N2O4S. The molecule has 0 saturated carbocycles. The minimum Gasteiger partial charge on any atom is -0.493 e. The van der Waals surface area contributed by atoms with Gasteiger partial charge < -0.3 is 13.9 Å². The van der Waals surface area contributed by atoms with Gasteiger partial charge in [0.05, 0.1) is 30.5 Å². The monoisotopic (exact) mass is 496 g/mol. The number of thioether (sulfide) groups is 1. The van der Waals surface area contributed by atoms with Crippen LogP contribution in [0.1, 0.15) is 16.9 Å². The van der Waals surface area contributed by atoms with Gasteiger partial charge in [-0.1, -0.05) is 54.6 Å². The van der Waals surface area contributed by atoms with Gasteiger partial charge in [0.15, 0.2) is 16.7 Å². The molecule has 1 aliphatic rings. The SMILES string of the molecule is COc1cc(/C=C2\SC(=Nc3ccccc3)N(Cc3ccco3)C2=O)ccc1OCc1ccccc1. The van der Waals surface area contributed by atoms with Crippen molar-refractivity contribution in [2.45, 2.75) is 13.2 Å². The van der Waals surface area contributed by atoms with Crippen molar-refractivity contribution in [2.24, 2.45) is 4.99 Å². The first-order valence-corrected chi connectivity index (χ1v) is 12.2. The van der Waals surface area contributed by atoms with Gasteiger partial charge in [-0.15, -0.1) is 0 Å². The average molecular weight is 497 g/mol. The van der Waals surface area contributed by atoms with Gasteiger partial charge in [-0.3, -0.25) is 9.69 Å². The molecule has 0 spiro atoms. The molecule has 5 rings (SSSR count). The molecule has 1 aromatic heterocycles. The van der Waals surface area contributed by atoms with Gasteiger partial charge >= 0.3 is 0 Å². The fourth-order valence-electron chi connectivity index (χ4n) is 3.68. The van der Waals surface area contributed by atoms with E-state index in [1.807, 2.05) is 97.1 Å². The number of ether oxygens (including phenoxy) is 2. The number of methoxy groups -OCH3 is 1. The van der Waals surface area contributed by atoms with Crippen LogP contribution in [0, 0.1) is 0 Å². The quantitative estimate of drug-likeness (QED) is 0.255. The van der Waals surface area contributed by atoms with E-state index in [1.165, 1.54) is 11.8 Å². The lowest BCUT2D eigenvalue weighted by molar-refractivity contribution is -0.122. The molecule has 36 heavy (non-hydrogen) atoms. The first-order chi connectivity index (χ1) is 17.7. The van der Waals surface area contributed by atoms with Crippen molar-refractivity contribution in [1.29, 1.82) is 0 Å². The van der Waals surface area contributed by atoms with Crippen molar-refractivity contribution < 1.29 is 18.7 Å². The van der Waals surface area contributed by atoms with E-state index in [2.05, 4.69) is 0 Å². The van der Waals surface area contributed by atoms with E-state index in [0.29, 0.717) is 40.5 Å². The number of para-hydroxylation sites is 1. The molecule has 1 fully saturated rings. The van der Waals surface area contributed by atoms with Crippen molar-refractivity contribution >= 4 is 34.6 Å². The maximum Gasteiger partial charge on any atom is 0.267 e. The van der Waals surface area contributed by atoms with Crippen molar-refractivity contribution in [3.8, 4) is 11.5 Å². The Labute approximate surface area is 213 Å². The predicted molar refractivity (Wildman–Crippen MR) is 142 cm³/mol. The molecule has 0 aliphatic carbocycles. The van der Waals surface area contributed by atoms with Gasteiger partial charge in [-0.05, 0) is 65.4 Å². The summed E-state index contributed by atoms with van der Waals surface area (Å²) in [6.45, 7) is 0.741. The Balaban J connectivity index is 1.40. The van der Waals surface area contributed by atoms with Gasteiger partial charge in [-0.2, -0.15) is 0 Å². The number of amidine groups is 1. The zero-order chi connectivity index (χ0) is 24.7. The van der Waals surface area contributed by atoms with Crippen LogP contribution in [-0.4, -0.2) is 23.1 Å². The number of amides is 1. The van der Waals surface area contributed by atoms with Crippen LogP contribution in [-0.2, 0) is 17.9 Å². The number of rotatable bonds is 8. The zero-order valence-corrected chi connectivity index (χ0v) is 20.5. The highest BCUT2D eigenvalue weighted by molar-refractivity contribution is 8.18. The minimum absolute atomic E-state index is 0.130. The van der Waals surface area contributed by atoms with Crippen molar-refractivity contribution in [1.82, 2.24) is 4.90 Å². The number of benzene rings is 3. The Bertz CT molecular complexity index is 1380. The number of hydrogen-bond acceptors (Lipinski definition) is 6. The number of furan rings is 1. The van der Waals surface area contributed by atoms with Crippen molar-refractivity contribution in [2.75, 3.05) is 7.11 Å². The summed E-state index contributed by atoms with van der Waals surface area (Å²) in [6.07, 6.45) is 3.45. The van der Waals surface area contributed by atoms with Crippen LogP contribution in [0.3, 0.4) is 0 Å². The molecule has 6 nitrogen and oxygen atoms in total. The van der Waals surface area contributed by atoms with Crippen LogP contribution in [0.15, 0.2) is 112 Å². The van der Waals surface area contributed by atoms with Gasteiger partial charge in [0, 0.05) is 0 Å². The summed E-state index contributed by atoms with van der Waals surface area (Å²) in [6, 6.07) is 28.8. The lowest BCUT2D eigenvalue weighted by Crippen LogP contribution is -2.28. The van der Waals surface area contributed by atoms with E-state index in [9.17, 15) is 4.79 Å². The second kappa shape index (κ2) is 11.0. The first kappa shape index (κ1) is 23.5. The third-order valence-corrected chi connectivity index (χ3v) is 6.49. The summed E-state index contributed by atoms with van der Waals surface area (Å²) in [5.74, 6) is 1.79. The Kier molecular flexibility index (Phi) is 7.19. The van der Waals surface area contributed by atoms with E-state index in [4.69, 9.17) is 18.9 Å². The molecular weight excluding hydrogens is 472 g/mol. The first-order valence-electron chi connectivity index (χ1n) is 11.4. The third-order valence-electron chi connectivity index (χ3n) is 5.49. The van der Waals surface area contributed by atoms with Crippen LogP contribution < -0.4 is 9.47 Å². The molecule has 0 N–H and O–H groups in total. The molecule has 2 heterocycles. The maximum absolute atomic E-state index is 13.4. The smallest absolute Gasteiger partial charge is 0.267 e. The number of carbonyl (C=O) groups is 1.